The molecule has 0 aromatic heterocycles. The third-order valence-corrected chi connectivity index (χ3v) is 7.03. The Balaban J connectivity index is 0.00000176. The lowest BCUT2D eigenvalue weighted by molar-refractivity contribution is 0.0656. The topological polar surface area (TPSA) is 32.3 Å². The van der Waals surface area contributed by atoms with Crippen molar-refractivity contribution in [2.45, 2.75) is 24.0 Å². The van der Waals surface area contributed by atoms with Crippen molar-refractivity contribution in [2.75, 3.05) is 31.1 Å². The summed E-state index contributed by atoms with van der Waals surface area (Å²) < 4.78 is 0.543. The molecule has 0 saturated carbocycles. The minimum absolute atomic E-state index is 0. The van der Waals surface area contributed by atoms with Crippen LogP contribution in [-0.4, -0.2) is 48.0 Å². The van der Waals surface area contributed by atoms with Crippen LogP contribution in [0, 0.1) is 0 Å². The predicted octanol–water partition coefficient (Wildman–Crippen LogP) is 3.41. The van der Waals surface area contributed by atoms with Crippen molar-refractivity contribution in [3.05, 3.63) is 35.4 Å². The maximum atomic E-state index is 12.6. The van der Waals surface area contributed by atoms with Crippen molar-refractivity contribution in [3.63, 3.8) is 0 Å². The lowest BCUT2D eigenvalue weighted by Gasteiger charge is -2.34. The van der Waals surface area contributed by atoms with E-state index in [-0.39, 0.29) is 24.4 Å². The van der Waals surface area contributed by atoms with Gasteiger partial charge in [0.25, 0.3) is 5.91 Å². The van der Waals surface area contributed by atoms with E-state index < -0.39 is 0 Å². The minimum atomic E-state index is 0. The number of carbonyl (C=O) groups is 1. The normalized spacial score (nSPS) is 23.0. The maximum Gasteiger partial charge on any atom is 0.254 e. The summed E-state index contributed by atoms with van der Waals surface area (Å²) in [6.07, 6.45) is 1.31. The fraction of sp³-hybridized carbons (Fsp3) is 0.562. The van der Waals surface area contributed by atoms with Crippen molar-refractivity contribution in [1.29, 1.82) is 0 Å². The molecule has 1 unspecified atom stereocenters. The van der Waals surface area contributed by atoms with Crippen molar-refractivity contribution in [2.24, 2.45) is 0 Å². The van der Waals surface area contributed by atoms with Crippen molar-refractivity contribution in [3.8, 4) is 0 Å². The number of amides is 1. The Hall–Kier alpha value is -0.360. The van der Waals surface area contributed by atoms with Crippen LogP contribution in [0.5, 0.6) is 0 Å². The summed E-state index contributed by atoms with van der Waals surface area (Å²) in [5, 5.41) is 3.32. The van der Waals surface area contributed by atoms with Crippen LogP contribution >= 0.6 is 35.9 Å². The molecule has 22 heavy (non-hydrogen) atoms. The monoisotopic (exact) mass is 358 g/mol. The van der Waals surface area contributed by atoms with E-state index in [4.69, 9.17) is 0 Å². The largest absolute Gasteiger partial charge is 0.333 e. The molecule has 0 spiro atoms. The highest BCUT2D eigenvalue weighted by atomic mass is 35.5. The number of carbonyl (C=O) groups excluding carboxylic acids is 1. The first-order valence-corrected chi connectivity index (χ1v) is 9.70. The van der Waals surface area contributed by atoms with Gasteiger partial charge in [0.05, 0.1) is 4.58 Å². The molecule has 3 rings (SSSR count). The van der Waals surface area contributed by atoms with E-state index in [2.05, 4.69) is 24.4 Å². The number of rotatable bonds is 2. The molecule has 2 fully saturated rings. The van der Waals surface area contributed by atoms with Crippen molar-refractivity contribution < 1.29 is 4.79 Å². The van der Waals surface area contributed by atoms with Gasteiger partial charge < -0.3 is 10.2 Å². The van der Waals surface area contributed by atoms with E-state index in [1.54, 1.807) is 0 Å². The molecule has 0 radical (unpaired) electrons. The van der Waals surface area contributed by atoms with Gasteiger partial charge in [0, 0.05) is 31.2 Å². The molecule has 1 N–H and O–H groups in total. The summed E-state index contributed by atoms with van der Waals surface area (Å²) in [7, 11) is 0. The van der Waals surface area contributed by atoms with Gasteiger partial charge in [-0.3, -0.25) is 4.79 Å². The molecule has 122 valence electrons. The molecule has 3 nitrogen and oxygen atoms in total. The second-order valence-corrected chi connectivity index (χ2v) is 8.33. The fourth-order valence-electron chi connectivity index (χ4n) is 2.77. The molecule has 2 aliphatic rings. The van der Waals surface area contributed by atoms with E-state index in [9.17, 15) is 4.79 Å². The Morgan fingerprint density at radius 2 is 1.91 bits per heavy atom. The maximum absolute atomic E-state index is 12.6. The molecule has 6 heteroatoms. The van der Waals surface area contributed by atoms with Crippen LogP contribution in [0.3, 0.4) is 0 Å². The van der Waals surface area contributed by atoms with Crippen LogP contribution in [0.1, 0.15) is 33.8 Å². The van der Waals surface area contributed by atoms with Crippen LogP contribution in [0.4, 0.5) is 0 Å². The van der Waals surface area contributed by atoms with Gasteiger partial charge in [0.15, 0.2) is 0 Å². The second kappa shape index (κ2) is 8.48. The zero-order chi connectivity index (χ0) is 14.7. The van der Waals surface area contributed by atoms with Crippen molar-refractivity contribution >= 4 is 41.8 Å². The summed E-state index contributed by atoms with van der Waals surface area (Å²) >= 11 is 4.04. The molecule has 0 bridgehead atoms. The first kappa shape index (κ1) is 18.0. The number of nitrogens with one attached hydrogen (secondary N) is 1. The lowest BCUT2D eigenvalue weighted by atomic mass is 10.1. The highest BCUT2D eigenvalue weighted by molar-refractivity contribution is 8.16. The Kier molecular flexibility index (Phi) is 6.93. The third kappa shape index (κ3) is 4.13. The van der Waals surface area contributed by atoms with Gasteiger partial charge >= 0.3 is 0 Å². The number of piperazine rings is 1. The van der Waals surface area contributed by atoms with Crippen LogP contribution in [0.2, 0.25) is 0 Å². The van der Waals surface area contributed by atoms with Crippen molar-refractivity contribution in [1.82, 2.24) is 10.2 Å². The number of hydrogen-bond acceptors (Lipinski definition) is 4. The van der Waals surface area contributed by atoms with Gasteiger partial charge in [-0.05, 0) is 42.5 Å². The first-order chi connectivity index (χ1) is 10.3. The molecule has 1 amide bonds. The molecule has 0 aliphatic carbocycles. The standard InChI is InChI=1S/C16H22N2OS2.ClH/c1-12-11-17-7-8-18(12)15(19)13-3-5-14(6-4-13)16-20-9-2-10-21-16;/h3-6,12,16-17H,2,7-11H2,1H3;1H. The van der Waals surface area contributed by atoms with E-state index in [1.807, 2.05) is 40.6 Å². The molecule has 1 aromatic carbocycles. The Bertz CT molecular complexity index is 491. The smallest absolute Gasteiger partial charge is 0.254 e. The summed E-state index contributed by atoms with van der Waals surface area (Å²) in [5.74, 6) is 2.66. The third-order valence-electron chi connectivity index (χ3n) is 4.02. The molecule has 1 aromatic rings. The predicted molar refractivity (Wildman–Crippen MR) is 99.3 cm³/mol. The zero-order valence-corrected chi connectivity index (χ0v) is 15.2. The molecule has 2 heterocycles. The van der Waals surface area contributed by atoms with Crippen LogP contribution in [-0.2, 0) is 0 Å². The summed E-state index contributed by atoms with van der Waals surface area (Å²) in [4.78, 5) is 14.6. The lowest BCUT2D eigenvalue weighted by Crippen LogP contribution is -2.52. The van der Waals surface area contributed by atoms with Gasteiger partial charge in [-0.2, -0.15) is 0 Å². The second-order valence-electron chi connectivity index (χ2n) is 5.60. The highest BCUT2D eigenvalue weighted by Gasteiger charge is 2.24. The van der Waals surface area contributed by atoms with Gasteiger partial charge in [-0.25, -0.2) is 0 Å². The zero-order valence-electron chi connectivity index (χ0n) is 12.8. The number of thioether (sulfide) groups is 2. The number of halogens is 1. The first-order valence-electron chi connectivity index (χ1n) is 7.60. The molecular weight excluding hydrogens is 336 g/mol. The molecule has 1 atom stereocenters. The van der Waals surface area contributed by atoms with E-state index in [0.29, 0.717) is 4.58 Å². The van der Waals surface area contributed by atoms with E-state index in [1.165, 1.54) is 23.5 Å². The SMILES string of the molecule is CC1CNCCN1C(=O)c1ccc(C2SCCCS2)cc1.Cl. The average molecular weight is 359 g/mol. The highest BCUT2D eigenvalue weighted by Crippen LogP contribution is 2.43. The van der Waals surface area contributed by atoms with E-state index >= 15 is 0 Å². The number of benzene rings is 1. The average Bonchev–Trinajstić information content (AvgIpc) is 2.56. The van der Waals surface area contributed by atoms with E-state index in [0.717, 1.165) is 25.2 Å². The molecule has 2 saturated heterocycles. The van der Waals surface area contributed by atoms with Gasteiger partial charge in [-0.15, -0.1) is 35.9 Å². The molecule has 2 aliphatic heterocycles. The van der Waals surface area contributed by atoms with Crippen LogP contribution in [0.15, 0.2) is 24.3 Å². The number of nitrogens with zero attached hydrogens (tertiary/aromatic N) is 1. The Labute approximate surface area is 147 Å². The molecular formula is C16H23ClN2OS2. The fourth-order valence-corrected chi connectivity index (χ4v) is 5.67. The van der Waals surface area contributed by atoms with Crippen LogP contribution < -0.4 is 5.32 Å². The minimum Gasteiger partial charge on any atom is -0.333 e. The Morgan fingerprint density at radius 1 is 1.23 bits per heavy atom. The summed E-state index contributed by atoms with van der Waals surface area (Å²) in [6.45, 7) is 4.69. The van der Waals surface area contributed by atoms with Gasteiger partial charge in [-0.1, -0.05) is 12.1 Å². The Morgan fingerprint density at radius 3 is 2.55 bits per heavy atom. The quantitative estimate of drug-likeness (QED) is 0.878. The number of hydrogen-bond donors (Lipinski definition) is 1. The summed E-state index contributed by atoms with van der Waals surface area (Å²) in [5.41, 5.74) is 2.16. The summed E-state index contributed by atoms with van der Waals surface area (Å²) in [6, 6.07) is 8.55. The van der Waals surface area contributed by atoms with Gasteiger partial charge in [0.1, 0.15) is 0 Å². The van der Waals surface area contributed by atoms with Crippen LogP contribution in [0.25, 0.3) is 0 Å². The van der Waals surface area contributed by atoms with Gasteiger partial charge in [0.2, 0.25) is 0 Å².